The Morgan fingerprint density at radius 1 is 1.12 bits per heavy atom. The number of nitrogens with zero attached hydrogens (tertiary/aromatic N) is 4. The molecule has 0 atom stereocenters. The molecule has 0 amide bonds. The predicted molar refractivity (Wildman–Crippen MR) is 126 cm³/mol. The third-order valence-corrected chi connectivity index (χ3v) is 6.77. The van der Waals surface area contributed by atoms with Crippen LogP contribution in [0.15, 0.2) is 61.3 Å². The summed E-state index contributed by atoms with van der Waals surface area (Å²) in [5, 5.41) is 9.69. The second kappa shape index (κ2) is 8.48. The van der Waals surface area contributed by atoms with E-state index in [0.717, 1.165) is 67.5 Å². The fourth-order valence-corrected chi connectivity index (χ4v) is 5.20. The molecule has 1 aliphatic rings. The molecule has 1 fully saturated rings. The highest BCUT2D eigenvalue weighted by atomic mass is 19.1. The first kappa shape index (κ1) is 20.2. The van der Waals surface area contributed by atoms with Crippen molar-refractivity contribution in [2.45, 2.75) is 38.1 Å². The summed E-state index contributed by atoms with van der Waals surface area (Å²) in [6.07, 6.45) is 11.5. The molecule has 6 nitrogen and oxygen atoms in total. The summed E-state index contributed by atoms with van der Waals surface area (Å²) < 4.78 is 24.0. The SMILES string of the molecule is Fc1ccc(-n2c(C3CCOCC3)c(CCCn3ccnc3)c3cc4[nH]ncc4cc32)cc1. The third kappa shape index (κ3) is 3.72. The minimum absolute atomic E-state index is 0.222. The number of imidazole rings is 1. The van der Waals surface area contributed by atoms with E-state index in [1.54, 1.807) is 12.1 Å². The Hall–Kier alpha value is -3.45. The van der Waals surface area contributed by atoms with Gasteiger partial charge in [-0.2, -0.15) is 5.10 Å². The largest absolute Gasteiger partial charge is 0.381 e. The molecule has 0 spiro atoms. The molecule has 0 bridgehead atoms. The molecule has 7 heteroatoms. The van der Waals surface area contributed by atoms with Gasteiger partial charge in [0.1, 0.15) is 5.82 Å². The van der Waals surface area contributed by atoms with Gasteiger partial charge in [0.25, 0.3) is 0 Å². The standard InChI is InChI=1S/C26H26FN5O/c27-20-3-5-21(6-4-20)32-25-14-19-16-29-30-24(19)15-23(25)22(2-1-10-31-11-9-28-17-31)26(32)18-7-12-33-13-8-18/h3-6,9,11,14-18H,1-2,7-8,10,12-13H2,(H,29,30). The molecule has 1 aliphatic heterocycles. The van der Waals surface area contributed by atoms with E-state index in [1.165, 1.54) is 16.6 Å². The zero-order valence-electron chi connectivity index (χ0n) is 18.4. The van der Waals surface area contributed by atoms with E-state index < -0.39 is 0 Å². The number of hydrogen-bond donors (Lipinski definition) is 1. The number of aryl methyl sites for hydroxylation is 2. The maximum atomic E-state index is 13.8. The summed E-state index contributed by atoms with van der Waals surface area (Å²) in [4.78, 5) is 4.17. The van der Waals surface area contributed by atoms with Crippen LogP contribution in [0.5, 0.6) is 0 Å². The molecule has 1 saturated heterocycles. The number of fused-ring (bicyclic) bond motifs is 2. The van der Waals surface area contributed by atoms with Crippen molar-refractivity contribution in [1.82, 2.24) is 24.3 Å². The molecule has 0 aliphatic carbocycles. The van der Waals surface area contributed by atoms with Gasteiger partial charge < -0.3 is 13.9 Å². The van der Waals surface area contributed by atoms with Gasteiger partial charge in [-0.3, -0.25) is 5.10 Å². The van der Waals surface area contributed by atoms with Crippen molar-refractivity contribution in [1.29, 1.82) is 0 Å². The lowest BCUT2D eigenvalue weighted by atomic mass is 9.91. The van der Waals surface area contributed by atoms with Crippen LogP contribution in [0, 0.1) is 5.82 Å². The first-order valence-electron chi connectivity index (χ1n) is 11.6. The quantitative estimate of drug-likeness (QED) is 0.384. The number of benzene rings is 2. The highest BCUT2D eigenvalue weighted by Crippen LogP contribution is 2.40. The summed E-state index contributed by atoms with van der Waals surface area (Å²) in [6.45, 7) is 2.46. The van der Waals surface area contributed by atoms with Gasteiger partial charge in [-0.05, 0) is 67.6 Å². The van der Waals surface area contributed by atoms with E-state index in [0.29, 0.717) is 5.92 Å². The van der Waals surface area contributed by atoms with Gasteiger partial charge >= 0.3 is 0 Å². The normalized spacial score (nSPS) is 15.1. The van der Waals surface area contributed by atoms with Crippen LogP contribution in [0.25, 0.3) is 27.5 Å². The lowest BCUT2D eigenvalue weighted by molar-refractivity contribution is 0.0841. The summed E-state index contributed by atoms with van der Waals surface area (Å²) in [5.74, 6) is 0.177. The summed E-state index contributed by atoms with van der Waals surface area (Å²) in [6, 6.07) is 11.3. The third-order valence-electron chi connectivity index (χ3n) is 6.77. The highest BCUT2D eigenvalue weighted by Gasteiger charge is 2.27. The molecule has 3 aromatic heterocycles. The van der Waals surface area contributed by atoms with Gasteiger partial charge in [0.2, 0.25) is 0 Å². The van der Waals surface area contributed by atoms with Crippen LogP contribution in [-0.4, -0.2) is 37.5 Å². The van der Waals surface area contributed by atoms with Crippen molar-refractivity contribution < 1.29 is 9.13 Å². The Balaban J connectivity index is 1.55. The van der Waals surface area contributed by atoms with Crippen molar-refractivity contribution in [3.8, 4) is 5.69 Å². The first-order valence-corrected chi connectivity index (χ1v) is 11.6. The Morgan fingerprint density at radius 3 is 2.76 bits per heavy atom. The lowest BCUT2D eigenvalue weighted by Gasteiger charge is -2.26. The van der Waals surface area contributed by atoms with E-state index in [-0.39, 0.29) is 5.82 Å². The number of nitrogens with one attached hydrogen (secondary N) is 1. The van der Waals surface area contributed by atoms with Gasteiger partial charge in [0.05, 0.1) is 23.6 Å². The lowest BCUT2D eigenvalue weighted by Crippen LogP contribution is -2.18. The van der Waals surface area contributed by atoms with Crippen molar-refractivity contribution in [3.05, 3.63) is 78.4 Å². The monoisotopic (exact) mass is 443 g/mol. The minimum Gasteiger partial charge on any atom is -0.381 e. The van der Waals surface area contributed by atoms with Crippen LogP contribution in [-0.2, 0) is 17.7 Å². The van der Waals surface area contributed by atoms with E-state index >= 15 is 0 Å². The zero-order valence-corrected chi connectivity index (χ0v) is 18.4. The van der Waals surface area contributed by atoms with Crippen LogP contribution in [0.4, 0.5) is 4.39 Å². The van der Waals surface area contributed by atoms with Gasteiger partial charge in [0.15, 0.2) is 0 Å². The summed E-state index contributed by atoms with van der Waals surface area (Å²) in [5.41, 5.74) is 5.89. The zero-order chi connectivity index (χ0) is 22.2. The second-order valence-electron chi connectivity index (χ2n) is 8.79. The van der Waals surface area contributed by atoms with E-state index in [2.05, 4.69) is 36.4 Å². The van der Waals surface area contributed by atoms with Crippen molar-refractivity contribution >= 4 is 21.8 Å². The number of hydrogen-bond acceptors (Lipinski definition) is 3. The van der Waals surface area contributed by atoms with Gasteiger partial charge in [-0.1, -0.05) is 0 Å². The van der Waals surface area contributed by atoms with Gasteiger partial charge in [0, 0.05) is 60.2 Å². The van der Waals surface area contributed by atoms with Crippen LogP contribution in [0.2, 0.25) is 0 Å². The maximum absolute atomic E-state index is 13.8. The molecular weight excluding hydrogens is 417 g/mol. The summed E-state index contributed by atoms with van der Waals surface area (Å²) in [7, 11) is 0. The highest BCUT2D eigenvalue weighted by molar-refractivity contribution is 5.98. The Bertz CT molecular complexity index is 1380. The predicted octanol–water partition coefficient (Wildman–Crippen LogP) is 5.37. The Labute approximate surface area is 191 Å². The average molecular weight is 444 g/mol. The van der Waals surface area contributed by atoms with E-state index in [9.17, 15) is 4.39 Å². The molecule has 5 aromatic rings. The molecule has 33 heavy (non-hydrogen) atoms. The number of H-pyrrole nitrogens is 1. The molecule has 6 rings (SSSR count). The molecule has 0 saturated carbocycles. The molecule has 4 heterocycles. The fraction of sp³-hybridized carbons (Fsp3) is 0.308. The van der Waals surface area contributed by atoms with E-state index in [4.69, 9.17) is 4.74 Å². The van der Waals surface area contributed by atoms with Crippen molar-refractivity contribution in [2.75, 3.05) is 13.2 Å². The van der Waals surface area contributed by atoms with E-state index in [1.807, 2.05) is 37.1 Å². The molecular formula is C26H26FN5O. The average Bonchev–Trinajstić information content (AvgIpc) is 3.58. The Morgan fingerprint density at radius 2 is 1.97 bits per heavy atom. The van der Waals surface area contributed by atoms with Gasteiger partial charge in [-0.25, -0.2) is 9.37 Å². The van der Waals surface area contributed by atoms with Gasteiger partial charge in [-0.15, -0.1) is 0 Å². The first-order chi connectivity index (χ1) is 16.3. The van der Waals surface area contributed by atoms with Crippen LogP contribution < -0.4 is 0 Å². The number of ether oxygens (including phenoxy) is 1. The summed E-state index contributed by atoms with van der Waals surface area (Å²) >= 11 is 0. The minimum atomic E-state index is -0.222. The maximum Gasteiger partial charge on any atom is 0.123 e. The number of rotatable bonds is 6. The topological polar surface area (TPSA) is 60.7 Å². The number of aromatic amines is 1. The fourth-order valence-electron chi connectivity index (χ4n) is 5.20. The molecule has 168 valence electrons. The molecule has 1 N–H and O–H groups in total. The molecule has 2 aromatic carbocycles. The molecule has 0 radical (unpaired) electrons. The number of aromatic nitrogens is 5. The van der Waals surface area contributed by atoms with Crippen molar-refractivity contribution in [3.63, 3.8) is 0 Å². The number of halogens is 1. The van der Waals surface area contributed by atoms with Crippen molar-refractivity contribution in [2.24, 2.45) is 0 Å². The second-order valence-corrected chi connectivity index (χ2v) is 8.79. The Kier molecular flexibility index (Phi) is 5.19. The molecule has 0 unspecified atom stereocenters. The smallest absolute Gasteiger partial charge is 0.123 e. The van der Waals surface area contributed by atoms with Crippen LogP contribution in [0.1, 0.15) is 36.4 Å². The van der Waals surface area contributed by atoms with Crippen LogP contribution in [0.3, 0.4) is 0 Å². The van der Waals surface area contributed by atoms with Crippen LogP contribution >= 0.6 is 0 Å².